The molecule has 0 bridgehead atoms. The summed E-state index contributed by atoms with van der Waals surface area (Å²) < 4.78 is 18.4. The SMILES string of the molecule is COCc1cccc(N[C@@H](C)C(=O)N(C)Cc2cccc(F)c2)c1. The smallest absolute Gasteiger partial charge is 0.244 e. The summed E-state index contributed by atoms with van der Waals surface area (Å²) in [5, 5.41) is 3.20. The number of halogens is 1. The van der Waals surface area contributed by atoms with Crippen molar-refractivity contribution in [3.63, 3.8) is 0 Å². The number of benzene rings is 2. The van der Waals surface area contributed by atoms with E-state index in [1.807, 2.05) is 31.2 Å². The number of methoxy groups -OCH3 is 1. The Kier molecular flexibility index (Phi) is 6.32. The summed E-state index contributed by atoms with van der Waals surface area (Å²) >= 11 is 0. The minimum Gasteiger partial charge on any atom is -0.380 e. The van der Waals surface area contributed by atoms with Crippen molar-refractivity contribution in [3.05, 3.63) is 65.5 Å². The number of carbonyl (C=O) groups excluding carboxylic acids is 1. The van der Waals surface area contributed by atoms with Crippen LogP contribution in [0.15, 0.2) is 48.5 Å². The molecule has 0 saturated carbocycles. The Morgan fingerprint density at radius 1 is 1.21 bits per heavy atom. The van der Waals surface area contributed by atoms with Crippen LogP contribution in [0, 0.1) is 5.82 Å². The van der Waals surface area contributed by atoms with Gasteiger partial charge in [0.25, 0.3) is 0 Å². The fourth-order valence-electron chi connectivity index (χ4n) is 2.55. The van der Waals surface area contributed by atoms with Crippen molar-refractivity contribution in [2.24, 2.45) is 0 Å². The van der Waals surface area contributed by atoms with Gasteiger partial charge in [-0.2, -0.15) is 0 Å². The molecule has 0 radical (unpaired) electrons. The van der Waals surface area contributed by atoms with Crippen molar-refractivity contribution < 1.29 is 13.9 Å². The molecule has 0 saturated heterocycles. The molecule has 0 unspecified atom stereocenters. The van der Waals surface area contributed by atoms with Crippen molar-refractivity contribution in [1.82, 2.24) is 4.90 Å². The summed E-state index contributed by atoms with van der Waals surface area (Å²) in [6, 6.07) is 13.7. The van der Waals surface area contributed by atoms with Gasteiger partial charge in [-0.1, -0.05) is 24.3 Å². The lowest BCUT2D eigenvalue weighted by atomic mass is 10.1. The van der Waals surface area contributed by atoms with Gasteiger partial charge in [0.2, 0.25) is 5.91 Å². The zero-order chi connectivity index (χ0) is 17.5. The molecular weight excluding hydrogens is 307 g/mol. The lowest BCUT2D eigenvalue weighted by molar-refractivity contribution is -0.130. The number of anilines is 1. The molecule has 0 fully saturated rings. The molecular formula is C19H23FN2O2. The van der Waals surface area contributed by atoms with E-state index in [1.54, 1.807) is 31.2 Å². The molecule has 2 aromatic carbocycles. The van der Waals surface area contributed by atoms with E-state index >= 15 is 0 Å². The number of likely N-dealkylation sites (N-methyl/N-ethyl adjacent to an activating group) is 1. The van der Waals surface area contributed by atoms with Crippen molar-refractivity contribution in [2.45, 2.75) is 26.1 Å². The molecule has 5 heteroatoms. The van der Waals surface area contributed by atoms with Crippen LogP contribution >= 0.6 is 0 Å². The molecule has 24 heavy (non-hydrogen) atoms. The van der Waals surface area contributed by atoms with Gasteiger partial charge in [0.1, 0.15) is 11.9 Å². The van der Waals surface area contributed by atoms with E-state index in [4.69, 9.17) is 4.74 Å². The van der Waals surface area contributed by atoms with Gasteiger partial charge in [-0.05, 0) is 42.3 Å². The maximum atomic E-state index is 13.2. The van der Waals surface area contributed by atoms with Crippen LogP contribution in [-0.4, -0.2) is 31.0 Å². The van der Waals surface area contributed by atoms with Crippen molar-refractivity contribution in [1.29, 1.82) is 0 Å². The first-order chi connectivity index (χ1) is 11.5. The van der Waals surface area contributed by atoms with Gasteiger partial charge in [-0.25, -0.2) is 4.39 Å². The molecule has 0 heterocycles. The van der Waals surface area contributed by atoms with Gasteiger partial charge in [0.05, 0.1) is 6.61 Å². The Balaban J connectivity index is 1.97. The predicted octanol–water partition coefficient (Wildman–Crippen LogP) is 3.43. The number of nitrogens with zero attached hydrogens (tertiary/aromatic N) is 1. The Labute approximate surface area is 142 Å². The van der Waals surface area contributed by atoms with Crippen LogP contribution in [0.3, 0.4) is 0 Å². The van der Waals surface area contributed by atoms with E-state index in [-0.39, 0.29) is 17.8 Å². The van der Waals surface area contributed by atoms with Crippen molar-refractivity contribution >= 4 is 11.6 Å². The van der Waals surface area contributed by atoms with E-state index in [0.717, 1.165) is 16.8 Å². The fraction of sp³-hybridized carbons (Fsp3) is 0.316. The van der Waals surface area contributed by atoms with Crippen LogP contribution in [0.2, 0.25) is 0 Å². The second kappa shape index (κ2) is 8.45. The lowest BCUT2D eigenvalue weighted by Crippen LogP contribution is -2.38. The van der Waals surface area contributed by atoms with Crippen LogP contribution in [0.5, 0.6) is 0 Å². The summed E-state index contributed by atoms with van der Waals surface area (Å²) in [5.74, 6) is -0.356. The van der Waals surface area contributed by atoms with E-state index in [2.05, 4.69) is 5.32 Å². The summed E-state index contributed by atoms with van der Waals surface area (Å²) in [7, 11) is 3.36. The van der Waals surface area contributed by atoms with Gasteiger partial charge in [-0.3, -0.25) is 4.79 Å². The highest BCUT2D eigenvalue weighted by molar-refractivity contribution is 5.84. The van der Waals surface area contributed by atoms with E-state index in [9.17, 15) is 9.18 Å². The van der Waals surface area contributed by atoms with Crippen molar-refractivity contribution in [3.8, 4) is 0 Å². The average molecular weight is 330 g/mol. The topological polar surface area (TPSA) is 41.6 Å². The molecule has 0 aliphatic carbocycles. The van der Waals surface area contributed by atoms with E-state index < -0.39 is 0 Å². The zero-order valence-electron chi connectivity index (χ0n) is 14.3. The first kappa shape index (κ1) is 17.9. The standard InChI is InChI=1S/C19H23FN2O2/c1-14(21-18-9-5-7-16(11-18)13-24-3)19(23)22(2)12-15-6-4-8-17(20)10-15/h4-11,14,21H,12-13H2,1-3H3/t14-/m0/s1. The fourth-order valence-corrected chi connectivity index (χ4v) is 2.55. The van der Waals surface area contributed by atoms with Crippen LogP contribution in [0.4, 0.5) is 10.1 Å². The monoisotopic (exact) mass is 330 g/mol. The molecule has 1 amide bonds. The Bertz CT molecular complexity index is 691. The molecule has 1 atom stereocenters. The van der Waals surface area contributed by atoms with E-state index in [0.29, 0.717) is 13.2 Å². The number of hydrogen-bond acceptors (Lipinski definition) is 3. The summed E-state index contributed by atoms with van der Waals surface area (Å²) in [4.78, 5) is 14.1. The van der Waals surface area contributed by atoms with Gasteiger partial charge < -0.3 is 15.0 Å². The minimum atomic E-state index is -0.388. The Morgan fingerprint density at radius 2 is 1.92 bits per heavy atom. The Hall–Kier alpha value is -2.40. The van der Waals surface area contributed by atoms with Crippen LogP contribution in [0.1, 0.15) is 18.1 Å². The van der Waals surface area contributed by atoms with Gasteiger partial charge in [-0.15, -0.1) is 0 Å². The Morgan fingerprint density at radius 3 is 2.62 bits per heavy atom. The molecule has 4 nitrogen and oxygen atoms in total. The highest BCUT2D eigenvalue weighted by Gasteiger charge is 2.17. The summed E-state index contributed by atoms with van der Waals surface area (Å²) in [6.07, 6.45) is 0. The highest BCUT2D eigenvalue weighted by Crippen LogP contribution is 2.14. The molecule has 0 aliphatic heterocycles. The second-order valence-corrected chi connectivity index (χ2v) is 5.82. The molecule has 1 N–H and O–H groups in total. The predicted molar refractivity (Wildman–Crippen MR) is 93.1 cm³/mol. The maximum absolute atomic E-state index is 13.2. The minimum absolute atomic E-state index is 0.0589. The summed E-state index contributed by atoms with van der Waals surface area (Å²) in [6.45, 7) is 2.71. The molecule has 0 spiro atoms. The third kappa shape index (κ3) is 5.06. The normalized spacial score (nSPS) is 11.8. The lowest BCUT2D eigenvalue weighted by Gasteiger charge is -2.23. The van der Waals surface area contributed by atoms with Crippen LogP contribution in [0.25, 0.3) is 0 Å². The number of ether oxygens (including phenoxy) is 1. The third-order valence-corrected chi connectivity index (χ3v) is 3.68. The molecule has 2 rings (SSSR count). The summed E-state index contributed by atoms with van der Waals surface area (Å²) in [5.41, 5.74) is 2.67. The first-order valence-electron chi connectivity index (χ1n) is 7.83. The quantitative estimate of drug-likeness (QED) is 0.846. The molecule has 2 aromatic rings. The van der Waals surface area contributed by atoms with Crippen molar-refractivity contribution in [2.75, 3.05) is 19.5 Å². The number of rotatable bonds is 7. The number of carbonyl (C=O) groups is 1. The van der Waals surface area contributed by atoms with Gasteiger partial charge in [0, 0.05) is 26.4 Å². The third-order valence-electron chi connectivity index (χ3n) is 3.68. The average Bonchev–Trinajstić information content (AvgIpc) is 2.54. The second-order valence-electron chi connectivity index (χ2n) is 5.82. The van der Waals surface area contributed by atoms with Crippen LogP contribution in [-0.2, 0) is 22.7 Å². The molecule has 0 aliphatic rings. The van der Waals surface area contributed by atoms with Gasteiger partial charge in [0.15, 0.2) is 0 Å². The zero-order valence-corrected chi connectivity index (χ0v) is 14.3. The number of amides is 1. The van der Waals surface area contributed by atoms with Crippen LogP contribution < -0.4 is 5.32 Å². The van der Waals surface area contributed by atoms with Gasteiger partial charge >= 0.3 is 0 Å². The molecule has 0 aromatic heterocycles. The number of hydrogen-bond donors (Lipinski definition) is 1. The largest absolute Gasteiger partial charge is 0.380 e. The number of nitrogens with one attached hydrogen (secondary N) is 1. The van der Waals surface area contributed by atoms with E-state index in [1.165, 1.54) is 12.1 Å². The maximum Gasteiger partial charge on any atom is 0.244 e. The molecule has 128 valence electrons. The first-order valence-corrected chi connectivity index (χ1v) is 7.83. The highest BCUT2D eigenvalue weighted by atomic mass is 19.1.